The first-order chi connectivity index (χ1) is 11.4. The zero-order chi connectivity index (χ0) is 15.5. The molecule has 0 saturated carbocycles. The van der Waals surface area contributed by atoms with Crippen molar-refractivity contribution in [2.45, 2.75) is 28.7 Å². The van der Waals surface area contributed by atoms with Crippen LogP contribution in [-0.2, 0) is 0 Å². The number of nitrogens with one attached hydrogen (secondary N) is 2. The van der Waals surface area contributed by atoms with E-state index in [0.717, 1.165) is 37.2 Å². The SMILES string of the molecule is c1ccc(Sc2c[nH]c3c(OC4CCNCC4)cccc23)cc1. The molecule has 2 heterocycles. The summed E-state index contributed by atoms with van der Waals surface area (Å²) in [7, 11) is 0. The molecule has 1 saturated heterocycles. The molecule has 0 bridgehead atoms. The molecule has 4 heteroatoms. The van der Waals surface area contributed by atoms with Crippen LogP contribution < -0.4 is 10.1 Å². The Labute approximate surface area is 140 Å². The van der Waals surface area contributed by atoms with Gasteiger partial charge in [-0.2, -0.15) is 0 Å². The van der Waals surface area contributed by atoms with Gasteiger partial charge in [-0.15, -0.1) is 0 Å². The highest BCUT2D eigenvalue weighted by Gasteiger charge is 2.17. The summed E-state index contributed by atoms with van der Waals surface area (Å²) in [6.45, 7) is 2.08. The van der Waals surface area contributed by atoms with Crippen molar-refractivity contribution in [3.63, 3.8) is 0 Å². The van der Waals surface area contributed by atoms with E-state index in [2.05, 4.69) is 59.0 Å². The molecule has 2 N–H and O–H groups in total. The highest BCUT2D eigenvalue weighted by molar-refractivity contribution is 7.99. The van der Waals surface area contributed by atoms with Crippen molar-refractivity contribution < 1.29 is 4.74 Å². The summed E-state index contributed by atoms with van der Waals surface area (Å²) >= 11 is 1.78. The van der Waals surface area contributed by atoms with Crippen molar-refractivity contribution in [1.82, 2.24) is 10.3 Å². The van der Waals surface area contributed by atoms with E-state index in [4.69, 9.17) is 4.74 Å². The van der Waals surface area contributed by atoms with Gasteiger partial charge in [-0.05, 0) is 44.1 Å². The van der Waals surface area contributed by atoms with Gasteiger partial charge in [0.25, 0.3) is 0 Å². The van der Waals surface area contributed by atoms with E-state index in [1.807, 2.05) is 6.07 Å². The molecule has 23 heavy (non-hydrogen) atoms. The third-order valence-corrected chi connectivity index (χ3v) is 5.26. The third-order valence-electron chi connectivity index (χ3n) is 4.19. The Morgan fingerprint density at radius 3 is 2.61 bits per heavy atom. The maximum Gasteiger partial charge on any atom is 0.143 e. The standard InChI is InChI=1S/C19H20N2OS/c1-2-5-15(6-3-1)23-18-13-21-19-16(18)7-4-8-17(19)22-14-9-11-20-12-10-14/h1-8,13-14,20-21H,9-12H2. The second kappa shape index (κ2) is 6.69. The fourth-order valence-electron chi connectivity index (χ4n) is 2.99. The van der Waals surface area contributed by atoms with E-state index in [1.54, 1.807) is 11.8 Å². The summed E-state index contributed by atoms with van der Waals surface area (Å²) in [4.78, 5) is 5.89. The number of aromatic nitrogens is 1. The summed E-state index contributed by atoms with van der Waals surface area (Å²) in [5, 5.41) is 4.61. The first kappa shape index (κ1) is 14.7. The summed E-state index contributed by atoms with van der Waals surface area (Å²) in [6, 6.07) is 16.8. The Balaban J connectivity index is 1.61. The highest BCUT2D eigenvalue weighted by Crippen LogP contribution is 2.37. The lowest BCUT2D eigenvalue weighted by molar-refractivity contribution is 0.164. The Kier molecular flexibility index (Phi) is 4.26. The van der Waals surface area contributed by atoms with Crippen molar-refractivity contribution in [1.29, 1.82) is 0 Å². The van der Waals surface area contributed by atoms with Crippen LogP contribution in [0.3, 0.4) is 0 Å². The van der Waals surface area contributed by atoms with Crippen LogP contribution in [0.5, 0.6) is 5.75 Å². The van der Waals surface area contributed by atoms with Gasteiger partial charge in [0.2, 0.25) is 0 Å². The molecular weight excluding hydrogens is 304 g/mol. The smallest absolute Gasteiger partial charge is 0.143 e. The van der Waals surface area contributed by atoms with Crippen LogP contribution in [0.1, 0.15) is 12.8 Å². The molecule has 118 valence electrons. The monoisotopic (exact) mass is 324 g/mol. The molecule has 3 aromatic rings. The molecule has 0 spiro atoms. The van der Waals surface area contributed by atoms with Gasteiger partial charge in [0.05, 0.1) is 5.52 Å². The molecule has 0 aliphatic carbocycles. The molecule has 0 radical (unpaired) electrons. The number of aromatic amines is 1. The van der Waals surface area contributed by atoms with Crippen LogP contribution in [-0.4, -0.2) is 24.2 Å². The summed E-state index contributed by atoms with van der Waals surface area (Å²) < 4.78 is 6.25. The molecule has 3 nitrogen and oxygen atoms in total. The maximum atomic E-state index is 6.25. The molecule has 1 aliphatic rings. The van der Waals surface area contributed by atoms with Gasteiger partial charge in [-0.3, -0.25) is 0 Å². The number of piperidine rings is 1. The number of benzene rings is 2. The molecular formula is C19H20N2OS. The zero-order valence-corrected chi connectivity index (χ0v) is 13.7. The number of para-hydroxylation sites is 1. The lowest BCUT2D eigenvalue weighted by Crippen LogP contribution is -2.34. The predicted octanol–water partition coefficient (Wildman–Crippen LogP) is 4.45. The van der Waals surface area contributed by atoms with E-state index in [1.165, 1.54) is 15.2 Å². The molecule has 4 rings (SSSR count). The van der Waals surface area contributed by atoms with E-state index in [9.17, 15) is 0 Å². The van der Waals surface area contributed by atoms with Crippen LogP contribution >= 0.6 is 11.8 Å². The predicted molar refractivity (Wildman–Crippen MR) is 95.4 cm³/mol. The maximum absolute atomic E-state index is 6.25. The molecule has 1 aliphatic heterocycles. The van der Waals surface area contributed by atoms with Crippen LogP contribution in [0.15, 0.2) is 64.5 Å². The van der Waals surface area contributed by atoms with Gasteiger partial charge >= 0.3 is 0 Å². The number of fused-ring (bicyclic) bond motifs is 1. The second-order valence-corrected chi connectivity index (χ2v) is 6.93. The van der Waals surface area contributed by atoms with Crippen LogP contribution in [0.25, 0.3) is 10.9 Å². The molecule has 0 amide bonds. The summed E-state index contributed by atoms with van der Waals surface area (Å²) in [5.74, 6) is 0.967. The van der Waals surface area contributed by atoms with Crippen LogP contribution in [0.2, 0.25) is 0 Å². The largest absolute Gasteiger partial charge is 0.488 e. The summed E-state index contributed by atoms with van der Waals surface area (Å²) in [6.07, 6.45) is 4.54. The first-order valence-corrected chi connectivity index (χ1v) is 8.92. The molecule has 1 aromatic heterocycles. The highest BCUT2D eigenvalue weighted by atomic mass is 32.2. The average molecular weight is 324 g/mol. The minimum absolute atomic E-state index is 0.315. The fraction of sp³-hybridized carbons (Fsp3) is 0.263. The molecule has 0 atom stereocenters. The first-order valence-electron chi connectivity index (χ1n) is 8.10. The van der Waals surface area contributed by atoms with Gasteiger partial charge in [-0.25, -0.2) is 0 Å². The fourth-order valence-corrected chi connectivity index (χ4v) is 3.94. The quantitative estimate of drug-likeness (QED) is 0.744. The van der Waals surface area contributed by atoms with Crippen molar-refractivity contribution in [2.75, 3.05) is 13.1 Å². The van der Waals surface area contributed by atoms with Crippen molar-refractivity contribution >= 4 is 22.7 Å². The number of hydrogen-bond donors (Lipinski definition) is 2. The molecule has 2 aromatic carbocycles. The third kappa shape index (κ3) is 3.23. The molecule has 1 fully saturated rings. The lowest BCUT2D eigenvalue weighted by Gasteiger charge is -2.24. The van der Waals surface area contributed by atoms with Crippen LogP contribution in [0, 0.1) is 0 Å². The number of H-pyrrole nitrogens is 1. The summed E-state index contributed by atoms with van der Waals surface area (Å²) in [5.41, 5.74) is 1.10. The number of rotatable bonds is 4. The van der Waals surface area contributed by atoms with Gasteiger partial charge in [-0.1, -0.05) is 42.1 Å². The second-order valence-electron chi connectivity index (χ2n) is 5.81. The van der Waals surface area contributed by atoms with Crippen molar-refractivity contribution in [2.24, 2.45) is 0 Å². The Hall–Kier alpha value is -1.91. The lowest BCUT2D eigenvalue weighted by atomic mass is 10.1. The van der Waals surface area contributed by atoms with Gasteiger partial charge in [0, 0.05) is 21.4 Å². The Morgan fingerprint density at radius 2 is 1.78 bits per heavy atom. The number of ether oxygens (including phenoxy) is 1. The van der Waals surface area contributed by atoms with Gasteiger partial charge < -0.3 is 15.0 Å². The van der Waals surface area contributed by atoms with Gasteiger partial charge in [0.15, 0.2) is 0 Å². The van der Waals surface area contributed by atoms with E-state index < -0.39 is 0 Å². The zero-order valence-electron chi connectivity index (χ0n) is 12.9. The average Bonchev–Trinajstić information content (AvgIpc) is 3.01. The van der Waals surface area contributed by atoms with E-state index in [-0.39, 0.29) is 0 Å². The normalized spacial score (nSPS) is 15.8. The Morgan fingerprint density at radius 1 is 0.957 bits per heavy atom. The van der Waals surface area contributed by atoms with E-state index in [0.29, 0.717) is 6.10 Å². The minimum atomic E-state index is 0.315. The van der Waals surface area contributed by atoms with Crippen molar-refractivity contribution in [3.05, 3.63) is 54.7 Å². The van der Waals surface area contributed by atoms with E-state index >= 15 is 0 Å². The minimum Gasteiger partial charge on any atom is -0.488 e. The Bertz CT molecular complexity index is 778. The molecule has 0 unspecified atom stereocenters. The van der Waals surface area contributed by atoms with Crippen molar-refractivity contribution in [3.8, 4) is 5.75 Å². The van der Waals surface area contributed by atoms with Crippen LogP contribution in [0.4, 0.5) is 0 Å². The number of hydrogen-bond acceptors (Lipinski definition) is 3. The topological polar surface area (TPSA) is 37.0 Å². The van der Waals surface area contributed by atoms with Gasteiger partial charge in [0.1, 0.15) is 11.9 Å².